The van der Waals surface area contributed by atoms with Crippen molar-refractivity contribution in [3.8, 4) is 11.8 Å². The van der Waals surface area contributed by atoms with Crippen LogP contribution in [0.4, 0.5) is 10.1 Å². The van der Waals surface area contributed by atoms with Gasteiger partial charge in [-0.05, 0) is 54.7 Å². The Labute approximate surface area is 192 Å². The molecule has 1 aliphatic heterocycles. The van der Waals surface area contributed by atoms with E-state index in [9.17, 15) is 18.8 Å². The van der Waals surface area contributed by atoms with E-state index in [-0.39, 0.29) is 24.9 Å². The molecule has 0 aliphatic carbocycles. The Morgan fingerprint density at radius 1 is 1.21 bits per heavy atom. The van der Waals surface area contributed by atoms with E-state index in [1.54, 1.807) is 25.2 Å². The third-order valence-electron chi connectivity index (χ3n) is 5.35. The highest BCUT2D eigenvalue weighted by Crippen LogP contribution is 2.27. The second-order valence-corrected chi connectivity index (χ2v) is 7.72. The lowest BCUT2D eigenvalue weighted by molar-refractivity contribution is -0.140. The van der Waals surface area contributed by atoms with Gasteiger partial charge in [0.15, 0.2) is 0 Å². The molecule has 2 aromatic carbocycles. The van der Waals surface area contributed by atoms with Crippen LogP contribution in [0.25, 0.3) is 0 Å². The van der Waals surface area contributed by atoms with Crippen LogP contribution in [0.3, 0.4) is 0 Å². The van der Waals surface area contributed by atoms with Crippen LogP contribution in [0, 0.1) is 17.7 Å². The van der Waals surface area contributed by atoms with Gasteiger partial charge >= 0.3 is 11.8 Å². The molecule has 7 nitrogen and oxygen atoms in total. The van der Waals surface area contributed by atoms with E-state index in [1.165, 1.54) is 17.0 Å². The first-order valence-electron chi connectivity index (χ1n) is 10.7. The molecule has 8 heteroatoms. The van der Waals surface area contributed by atoms with E-state index in [2.05, 4.69) is 22.5 Å². The Hall–Kier alpha value is -3.70. The molecule has 0 fully saturated rings. The minimum atomic E-state index is -0.887. The normalized spacial score (nSPS) is 15.1. The van der Waals surface area contributed by atoms with Crippen molar-refractivity contribution >= 4 is 23.4 Å². The number of carbonyl (C=O) groups is 3. The van der Waals surface area contributed by atoms with E-state index in [0.29, 0.717) is 36.9 Å². The summed E-state index contributed by atoms with van der Waals surface area (Å²) < 4.78 is 13.2. The number of hydrogen-bond donors (Lipinski definition) is 3. The first kappa shape index (κ1) is 24.0. The lowest BCUT2D eigenvalue weighted by atomic mass is 10.0. The molecule has 172 valence electrons. The summed E-state index contributed by atoms with van der Waals surface area (Å²) in [5.41, 5.74) is 3.07. The Bertz CT molecular complexity index is 1110. The van der Waals surface area contributed by atoms with Gasteiger partial charge in [-0.15, -0.1) is 0 Å². The average Bonchev–Trinajstić information content (AvgIpc) is 2.91. The monoisotopic (exact) mass is 451 g/mol. The van der Waals surface area contributed by atoms with E-state index in [1.807, 2.05) is 12.1 Å². The molecule has 1 aliphatic rings. The molecule has 33 heavy (non-hydrogen) atoms. The molecule has 1 heterocycles. The average molecular weight is 451 g/mol. The summed E-state index contributed by atoms with van der Waals surface area (Å²) in [6.07, 6.45) is 1.64. The van der Waals surface area contributed by atoms with Crippen molar-refractivity contribution in [2.24, 2.45) is 0 Å². The van der Waals surface area contributed by atoms with Crippen LogP contribution in [0.5, 0.6) is 0 Å². The number of nitrogens with zero attached hydrogens (tertiary/aromatic N) is 1. The molecule has 0 spiro atoms. The van der Waals surface area contributed by atoms with Gasteiger partial charge in [0, 0.05) is 31.3 Å². The van der Waals surface area contributed by atoms with Crippen LogP contribution in [0.1, 0.15) is 29.5 Å². The molecule has 0 saturated carbocycles. The van der Waals surface area contributed by atoms with Gasteiger partial charge in [-0.1, -0.05) is 30.0 Å². The van der Waals surface area contributed by atoms with Crippen LogP contribution in [-0.4, -0.2) is 49.1 Å². The second kappa shape index (κ2) is 11.2. The molecule has 0 bridgehead atoms. The van der Waals surface area contributed by atoms with Crippen molar-refractivity contribution in [3.05, 3.63) is 65.0 Å². The lowest BCUT2D eigenvalue weighted by Gasteiger charge is -2.22. The predicted molar refractivity (Wildman–Crippen MR) is 122 cm³/mol. The van der Waals surface area contributed by atoms with Crippen molar-refractivity contribution in [2.75, 3.05) is 25.1 Å². The van der Waals surface area contributed by atoms with Crippen molar-refractivity contribution in [2.45, 2.75) is 31.7 Å². The number of anilines is 1. The van der Waals surface area contributed by atoms with Crippen LogP contribution >= 0.6 is 0 Å². The molecule has 3 amide bonds. The number of aliphatic hydroxyl groups is 1. The van der Waals surface area contributed by atoms with Gasteiger partial charge in [-0.2, -0.15) is 0 Å². The van der Waals surface area contributed by atoms with Crippen LogP contribution < -0.4 is 15.5 Å². The van der Waals surface area contributed by atoms with Crippen molar-refractivity contribution in [3.63, 3.8) is 0 Å². The molecule has 3 rings (SSSR count). The number of fused-ring (bicyclic) bond motifs is 1. The van der Waals surface area contributed by atoms with Gasteiger partial charge in [-0.3, -0.25) is 14.4 Å². The molecule has 0 radical (unpaired) electrons. The molecular formula is C25H26FN3O4. The number of halogens is 1. The van der Waals surface area contributed by atoms with Gasteiger partial charge in [-0.25, -0.2) is 4.39 Å². The summed E-state index contributed by atoms with van der Waals surface area (Å²) in [7, 11) is 1.62. The topological polar surface area (TPSA) is 98.7 Å². The first-order chi connectivity index (χ1) is 15.9. The van der Waals surface area contributed by atoms with E-state index < -0.39 is 17.9 Å². The largest absolute Gasteiger partial charge is 0.395 e. The third-order valence-corrected chi connectivity index (χ3v) is 5.35. The number of nitrogens with one attached hydrogen (secondary N) is 2. The molecule has 2 aromatic rings. The van der Waals surface area contributed by atoms with E-state index in [0.717, 1.165) is 11.1 Å². The summed E-state index contributed by atoms with van der Waals surface area (Å²) in [6.45, 7) is 0.149. The Kier molecular flexibility index (Phi) is 8.17. The van der Waals surface area contributed by atoms with Gasteiger partial charge < -0.3 is 20.6 Å². The van der Waals surface area contributed by atoms with Crippen LogP contribution in [0.2, 0.25) is 0 Å². The number of aliphatic hydroxyl groups excluding tert-OH is 1. The molecular weight excluding hydrogens is 425 g/mol. The van der Waals surface area contributed by atoms with E-state index >= 15 is 0 Å². The first-order valence-corrected chi connectivity index (χ1v) is 10.7. The van der Waals surface area contributed by atoms with Gasteiger partial charge in [0.05, 0.1) is 6.61 Å². The zero-order valence-corrected chi connectivity index (χ0v) is 18.4. The molecule has 3 N–H and O–H groups in total. The Balaban J connectivity index is 1.58. The zero-order chi connectivity index (χ0) is 23.8. The number of rotatable bonds is 5. The van der Waals surface area contributed by atoms with Gasteiger partial charge in [0.25, 0.3) is 0 Å². The maximum atomic E-state index is 13.2. The number of hydrogen-bond acceptors (Lipinski definition) is 4. The molecule has 1 unspecified atom stereocenters. The summed E-state index contributed by atoms with van der Waals surface area (Å²) in [4.78, 5) is 38.9. The molecule has 1 atom stereocenters. The fraction of sp³-hybridized carbons (Fsp3) is 0.320. The van der Waals surface area contributed by atoms with Gasteiger partial charge in [0.2, 0.25) is 5.91 Å². The minimum absolute atomic E-state index is 0.0178. The van der Waals surface area contributed by atoms with Gasteiger partial charge in [0.1, 0.15) is 11.9 Å². The standard InChI is InChI=1S/C25H26FN3O4/c1-29-22-16-17(5-2-3-14-30)8-9-19(22)10-11-21(25(29)33)28-24(32)23(31)27-13-12-18-6-4-7-20(26)15-18/h4,6-9,15-16,21,30H,3,10-14H2,1H3,(H,27,31)(H,28,32). The fourth-order valence-corrected chi connectivity index (χ4v) is 3.61. The predicted octanol–water partition coefficient (Wildman–Crippen LogP) is 1.31. The summed E-state index contributed by atoms with van der Waals surface area (Å²) >= 11 is 0. The van der Waals surface area contributed by atoms with Crippen molar-refractivity contribution in [1.29, 1.82) is 0 Å². The summed E-state index contributed by atoms with van der Waals surface area (Å²) in [5.74, 6) is 3.39. The number of aryl methyl sites for hydroxylation is 1. The lowest BCUT2D eigenvalue weighted by Crippen LogP contribution is -2.51. The SMILES string of the molecule is CN1C(=O)C(NC(=O)C(=O)NCCc2cccc(F)c2)CCc2ccc(C#CCCO)cc21. The molecule has 0 aromatic heterocycles. The quantitative estimate of drug-likeness (QED) is 0.472. The maximum absolute atomic E-state index is 13.2. The smallest absolute Gasteiger partial charge is 0.309 e. The zero-order valence-electron chi connectivity index (χ0n) is 18.4. The summed E-state index contributed by atoms with van der Waals surface area (Å²) in [6, 6.07) is 10.7. The number of amides is 3. The Morgan fingerprint density at radius 3 is 2.79 bits per heavy atom. The number of benzene rings is 2. The number of carbonyl (C=O) groups excluding carboxylic acids is 3. The van der Waals surface area contributed by atoms with Crippen LogP contribution in [0.15, 0.2) is 42.5 Å². The Morgan fingerprint density at radius 2 is 2.03 bits per heavy atom. The van der Waals surface area contributed by atoms with Crippen molar-refractivity contribution in [1.82, 2.24) is 10.6 Å². The van der Waals surface area contributed by atoms with E-state index in [4.69, 9.17) is 5.11 Å². The minimum Gasteiger partial charge on any atom is -0.395 e. The third kappa shape index (κ3) is 6.40. The highest BCUT2D eigenvalue weighted by molar-refractivity contribution is 6.35. The fourth-order valence-electron chi connectivity index (χ4n) is 3.61. The molecule has 0 saturated heterocycles. The summed E-state index contributed by atoms with van der Waals surface area (Å²) in [5, 5.41) is 13.9. The number of likely N-dealkylation sites (N-methyl/N-ethyl adjacent to an activating group) is 1. The van der Waals surface area contributed by atoms with Crippen molar-refractivity contribution < 1.29 is 23.9 Å². The van der Waals surface area contributed by atoms with Crippen LogP contribution in [-0.2, 0) is 27.2 Å². The second-order valence-electron chi connectivity index (χ2n) is 7.72. The highest BCUT2D eigenvalue weighted by Gasteiger charge is 2.30. The highest BCUT2D eigenvalue weighted by atomic mass is 19.1. The maximum Gasteiger partial charge on any atom is 0.309 e.